The van der Waals surface area contributed by atoms with Crippen LogP contribution in [0.15, 0.2) is 29.4 Å². The van der Waals surface area contributed by atoms with Gasteiger partial charge in [-0.05, 0) is 25.3 Å². The van der Waals surface area contributed by atoms with E-state index in [-0.39, 0.29) is 0 Å². The summed E-state index contributed by atoms with van der Waals surface area (Å²) in [6, 6.07) is 8.72. The predicted octanol–water partition coefficient (Wildman–Crippen LogP) is 5.02. The van der Waals surface area contributed by atoms with Crippen LogP contribution in [0.3, 0.4) is 0 Å². The second-order valence-electron chi connectivity index (χ2n) is 6.63. The quantitative estimate of drug-likeness (QED) is 0.697. The average Bonchev–Trinajstić information content (AvgIpc) is 2.95. The Balaban J connectivity index is 1.65. The number of aryl methyl sites for hydroxylation is 1. The minimum atomic E-state index is 0.813. The summed E-state index contributed by atoms with van der Waals surface area (Å²) in [6.45, 7) is 5.31. The number of rotatable bonds is 6. The maximum Gasteiger partial charge on any atom is 0.191 e. The predicted molar refractivity (Wildman–Crippen MR) is 96.7 cm³/mol. The third kappa shape index (κ3) is 4.37. The van der Waals surface area contributed by atoms with Crippen LogP contribution in [0.1, 0.15) is 56.0 Å². The van der Waals surface area contributed by atoms with Gasteiger partial charge in [0.2, 0.25) is 0 Å². The summed E-state index contributed by atoms with van der Waals surface area (Å²) in [4.78, 5) is 0. The number of nitrogens with zero attached hydrogens (tertiary/aromatic N) is 3. The van der Waals surface area contributed by atoms with Crippen molar-refractivity contribution in [2.45, 2.75) is 69.8 Å². The second kappa shape index (κ2) is 8.00. The van der Waals surface area contributed by atoms with Crippen LogP contribution >= 0.6 is 11.8 Å². The minimum absolute atomic E-state index is 0.813. The van der Waals surface area contributed by atoms with E-state index in [1.54, 1.807) is 11.8 Å². The molecule has 124 valence electrons. The van der Waals surface area contributed by atoms with Crippen LogP contribution in [0.25, 0.3) is 0 Å². The van der Waals surface area contributed by atoms with Crippen molar-refractivity contribution in [2.24, 2.45) is 5.92 Å². The monoisotopic (exact) mass is 329 g/mol. The van der Waals surface area contributed by atoms with E-state index in [9.17, 15) is 0 Å². The molecule has 0 bridgehead atoms. The Morgan fingerprint density at radius 1 is 1.17 bits per heavy atom. The lowest BCUT2D eigenvalue weighted by Crippen LogP contribution is -2.13. The molecule has 1 fully saturated rings. The van der Waals surface area contributed by atoms with Gasteiger partial charge >= 0.3 is 0 Å². The maximum absolute atomic E-state index is 4.50. The molecule has 1 heterocycles. The molecule has 0 radical (unpaired) electrons. The van der Waals surface area contributed by atoms with Gasteiger partial charge in [-0.3, -0.25) is 0 Å². The summed E-state index contributed by atoms with van der Waals surface area (Å²) < 4.78 is 2.31. The highest BCUT2D eigenvalue weighted by molar-refractivity contribution is 7.98. The molecule has 0 saturated heterocycles. The highest BCUT2D eigenvalue weighted by atomic mass is 32.2. The van der Waals surface area contributed by atoms with Gasteiger partial charge in [-0.1, -0.05) is 73.7 Å². The Morgan fingerprint density at radius 2 is 2.00 bits per heavy atom. The van der Waals surface area contributed by atoms with Crippen molar-refractivity contribution in [3.05, 3.63) is 41.2 Å². The molecule has 1 aromatic carbocycles. The number of aromatic nitrogens is 3. The molecule has 0 spiro atoms. The largest absolute Gasteiger partial charge is 0.306 e. The first-order chi connectivity index (χ1) is 11.3. The molecule has 1 saturated carbocycles. The molecule has 3 nitrogen and oxygen atoms in total. The van der Waals surface area contributed by atoms with Crippen molar-refractivity contribution >= 4 is 11.8 Å². The van der Waals surface area contributed by atoms with Crippen LogP contribution in [0.5, 0.6) is 0 Å². The van der Waals surface area contributed by atoms with Gasteiger partial charge in [0.15, 0.2) is 5.16 Å². The van der Waals surface area contributed by atoms with Crippen molar-refractivity contribution in [3.8, 4) is 0 Å². The van der Waals surface area contributed by atoms with Crippen molar-refractivity contribution < 1.29 is 0 Å². The molecule has 4 heteroatoms. The Hall–Kier alpha value is -1.29. The molecule has 1 aliphatic rings. The summed E-state index contributed by atoms with van der Waals surface area (Å²) in [6.07, 6.45) is 8.02. The van der Waals surface area contributed by atoms with Crippen LogP contribution in [0, 0.1) is 12.8 Å². The van der Waals surface area contributed by atoms with E-state index in [1.807, 2.05) is 0 Å². The summed E-state index contributed by atoms with van der Waals surface area (Å²) in [5, 5.41) is 10.0. The summed E-state index contributed by atoms with van der Waals surface area (Å²) >= 11 is 1.81. The van der Waals surface area contributed by atoms with E-state index in [1.165, 1.54) is 49.1 Å². The van der Waals surface area contributed by atoms with Crippen LogP contribution in [0.2, 0.25) is 0 Å². The molecular formula is C19H27N3S. The first kappa shape index (κ1) is 16.6. The zero-order valence-electron chi connectivity index (χ0n) is 14.3. The second-order valence-corrected chi connectivity index (χ2v) is 7.57. The first-order valence-electron chi connectivity index (χ1n) is 8.86. The van der Waals surface area contributed by atoms with Gasteiger partial charge in [0, 0.05) is 18.7 Å². The van der Waals surface area contributed by atoms with Crippen molar-refractivity contribution in [1.29, 1.82) is 0 Å². The molecular weight excluding hydrogens is 302 g/mol. The Labute approximate surface area is 143 Å². The summed E-state index contributed by atoms with van der Waals surface area (Å²) in [5.41, 5.74) is 2.67. The van der Waals surface area contributed by atoms with Gasteiger partial charge in [0.1, 0.15) is 5.82 Å². The topological polar surface area (TPSA) is 30.7 Å². The smallest absolute Gasteiger partial charge is 0.191 e. The molecule has 1 aromatic heterocycles. The fourth-order valence-electron chi connectivity index (χ4n) is 3.49. The third-order valence-electron chi connectivity index (χ3n) is 4.76. The minimum Gasteiger partial charge on any atom is -0.306 e. The lowest BCUT2D eigenvalue weighted by Gasteiger charge is -2.21. The standard InChI is InChI=1S/C19H27N3S/c1-3-22-18(13-16-9-5-4-6-10-16)20-21-19(22)23-14-17-11-7-8-15(2)12-17/h7-8,11-12,16H,3-6,9-10,13-14H2,1-2H3. The zero-order valence-corrected chi connectivity index (χ0v) is 15.1. The Kier molecular flexibility index (Phi) is 5.76. The molecule has 0 atom stereocenters. The molecule has 0 amide bonds. The fourth-order valence-corrected chi connectivity index (χ4v) is 4.46. The zero-order chi connectivity index (χ0) is 16.1. The number of thioether (sulfide) groups is 1. The molecule has 0 N–H and O–H groups in total. The molecule has 23 heavy (non-hydrogen) atoms. The van der Waals surface area contributed by atoms with Crippen LogP contribution in [-0.4, -0.2) is 14.8 Å². The van der Waals surface area contributed by atoms with Gasteiger partial charge < -0.3 is 4.57 Å². The van der Waals surface area contributed by atoms with Crippen molar-refractivity contribution in [1.82, 2.24) is 14.8 Å². The van der Waals surface area contributed by atoms with Crippen molar-refractivity contribution in [2.75, 3.05) is 0 Å². The van der Waals surface area contributed by atoms with E-state index in [0.717, 1.165) is 29.8 Å². The first-order valence-corrected chi connectivity index (χ1v) is 9.85. The number of benzene rings is 1. The fraction of sp³-hybridized carbons (Fsp3) is 0.579. The summed E-state index contributed by atoms with van der Waals surface area (Å²) in [5.74, 6) is 2.96. The van der Waals surface area contributed by atoms with Crippen molar-refractivity contribution in [3.63, 3.8) is 0 Å². The molecule has 1 aliphatic carbocycles. The van der Waals surface area contributed by atoms with E-state index >= 15 is 0 Å². The van der Waals surface area contributed by atoms with Gasteiger partial charge in [-0.15, -0.1) is 10.2 Å². The number of hydrogen-bond donors (Lipinski definition) is 0. The SMILES string of the molecule is CCn1c(CC2CCCCC2)nnc1SCc1cccc(C)c1. The van der Waals surface area contributed by atoms with E-state index in [4.69, 9.17) is 0 Å². The maximum atomic E-state index is 4.50. The summed E-state index contributed by atoms with van der Waals surface area (Å²) in [7, 11) is 0. The van der Waals surface area contributed by atoms with Gasteiger partial charge in [-0.25, -0.2) is 0 Å². The number of hydrogen-bond acceptors (Lipinski definition) is 3. The molecule has 2 aromatic rings. The normalized spacial score (nSPS) is 15.9. The Bertz CT molecular complexity index is 629. The highest BCUT2D eigenvalue weighted by Gasteiger charge is 2.19. The van der Waals surface area contributed by atoms with Crippen LogP contribution < -0.4 is 0 Å². The molecule has 0 unspecified atom stereocenters. The van der Waals surface area contributed by atoms with Gasteiger partial charge in [0.05, 0.1) is 0 Å². The highest BCUT2D eigenvalue weighted by Crippen LogP contribution is 2.28. The Morgan fingerprint density at radius 3 is 2.74 bits per heavy atom. The van der Waals surface area contributed by atoms with E-state index in [0.29, 0.717) is 0 Å². The lowest BCUT2D eigenvalue weighted by atomic mass is 9.87. The van der Waals surface area contributed by atoms with E-state index < -0.39 is 0 Å². The lowest BCUT2D eigenvalue weighted by molar-refractivity contribution is 0.347. The average molecular weight is 330 g/mol. The molecule has 0 aliphatic heterocycles. The van der Waals surface area contributed by atoms with Gasteiger partial charge in [-0.2, -0.15) is 0 Å². The van der Waals surface area contributed by atoms with Gasteiger partial charge in [0.25, 0.3) is 0 Å². The molecule has 3 rings (SSSR count). The van der Waals surface area contributed by atoms with E-state index in [2.05, 4.69) is 52.9 Å². The third-order valence-corrected chi connectivity index (χ3v) is 5.79. The van der Waals surface area contributed by atoms with Crippen LogP contribution in [0.4, 0.5) is 0 Å². The van der Waals surface area contributed by atoms with Crippen LogP contribution in [-0.2, 0) is 18.7 Å².